The van der Waals surface area contributed by atoms with Crippen LogP contribution in [0.5, 0.6) is 6.01 Å². The Labute approximate surface area is 123 Å². The van der Waals surface area contributed by atoms with Crippen molar-refractivity contribution in [2.75, 3.05) is 18.5 Å². The molecule has 6 heteroatoms. The second-order valence-electron chi connectivity index (χ2n) is 4.49. The fraction of sp³-hybridized carbons (Fsp3) is 0.500. The summed E-state index contributed by atoms with van der Waals surface area (Å²) in [6, 6.07) is 2.46. The Bertz CT molecular complexity index is 530. The van der Waals surface area contributed by atoms with Gasteiger partial charge in [-0.15, -0.1) is 11.3 Å². The molecule has 0 saturated carbocycles. The van der Waals surface area contributed by atoms with Crippen LogP contribution in [-0.2, 0) is 0 Å². The van der Waals surface area contributed by atoms with Crippen LogP contribution in [0.4, 0.5) is 5.95 Å². The molecule has 0 saturated heterocycles. The van der Waals surface area contributed by atoms with Crippen molar-refractivity contribution in [3.05, 3.63) is 16.3 Å². The maximum Gasteiger partial charge on any atom is 0.321 e. The van der Waals surface area contributed by atoms with Gasteiger partial charge < -0.3 is 10.1 Å². The molecule has 2 aromatic rings. The summed E-state index contributed by atoms with van der Waals surface area (Å²) in [5.74, 6) is 1.24. The number of thiophene rings is 1. The van der Waals surface area contributed by atoms with Gasteiger partial charge in [0.15, 0.2) is 5.82 Å². The minimum Gasteiger partial charge on any atom is -0.463 e. The Morgan fingerprint density at radius 2 is 2.05 bits per heavy atom. The molecule has 0 spiro atoms. The van der Waals surface area contributed by atoms with Crippen molar-refractivity contribution in [3.8, 4) is 17.4 Å². The molecule has 0 aliphatic heterocycles. The van der Waals surface area contributed by atoms with Crippen LogP contribution in [0.1, 0.15) is 31.6 Å². The number of nitrogens with zero attached hydrogens (tertiary/aromatic N) is 3. The number of hydrogen-bond acceptors (Lipinski definition) is 6. The number of hydrogen-bond donors (Lipinski definition) is 1. The zero-order valence-corrected chi connectivity index (χ0v) is 13.0. The fourth-order valence-electron chi connectivity index (χ4n) is 1.62. The zero-order valence-electron chi connectivity index (χ0n) is 12.1. The molecule has 2 aromatic heterocycles. The van der Waals surface area contributed by atoms with Crippen LogP contribution in [0.2, 0.25) is 0 Å². The number of ether oxygens (including phenoxy) is 1. The van der Waals surface area contributed by atoms with Crippen LogP contribution >= 0.6 is 11.3 Å². The van der Waals surface area contributed by atoms with E-state index in [9.17, 15) is 0 Å². The van der Waals surface area contributed by atoms with Crippen molar-refractivity contribution >= 4 is 17.3 Å². The van der Waals surface area contributed by atoms with E-state index < -0.39 is 0 Å². The van der Waals surface area contributed by atoms with E-state index in [4.69, 9.17) is 4.74 Å². The van der Waals surface area contributed by atoms with Gasteiger partial charge >= 0.3 is 6.01 Å². The number of aryl methyl sites for hydroxylation is 1. The Kier molecular flexibility index (Phi) is 5.29. The quantitative estimate of drug-likeness (QED) is 0.846. The molecule has 0 bridgehead atoms. The first-order valence-corrected chi connectivity index (χ1v) is 7.79. The predicted octanol–water partition coefficient (Wildman–Crippen LogP) is 3.52. The molecular weight excluding hydrogens is 272 g/mol. The number of rotatable bonds is 7. The van der Waals surface area contributed by atoms with E-state index in [1.54, 1.807) is 11.3 Å². The summed E-state index contributed by atoms with van der Waals surface area (Å²) in [4.78, 5) is 14.4. The fourth-order valence-corrected chi connectivity index (χ4v) is 2.30. The minimum atomic E-state index is 0.388. The SMILES string of the molecule is CCCNc1nc(OCCC)nc(-c2csc(C)c2)n1. The molecule has 0 fully saturated rings. The molecular formula is C14H20N4OS. The lowest BCUT2D eigenvalue weighted by atomic mass is 10.3. The minimum absolute atomic E-state index is 0.388. The molecule has 2 heterocycles. The first-order chi connectivity index (χ1) is 9.72. The van der Waals surface area contributed by atoms with Gasteiger partial charge in [0.05, 0.1) is 6.61 Å². The summed E-state index contributed by atoms with van der Waals surface area (Å²) in [6.45, 7) is 7.67. The third-order valence-corrected chi connectivity index (χ3v) is 3.43. The average molecular weight is 292 g/mol. The first-order valence-electron chi connectivity index (χ1n) is 6.91. The van der Waals surface area contributed by atoms with Gasteiger partial charge in [-0.05, 0) is 25.8 Å². The molecule has 5 nitrogen and oxygen atoms in total. The van der Waals surface area contributed by atoms with Gasteiger partial charge in [0, 0.05) is 22.4 Å². The molecule has 2 rings (SSSR count). The van der Waals surface area contributed by atoms with Gasteiger partial charge in [0.1, 0.15) is 0 Å². The lowest BCUT2D eigenvalue weighted by Gasteiger charge is -2.08. The highest BCUT2D eigenvalue weighted by molar-refractivity contribution is 7.10. The summed E-state index contributed by atoms with van der Waals surface area (Å²) in [5, 5.41) is 5.24. The van der Waals surface area contributed by atoms with Crippen LogP contribution in [0.3, 0.4) is 0 Å². The monoisotopic (exact) mass is 292 g/mol. The summed E-state index contributed by atoms with van der Waals surface area (Å²) in [6.07, 6.45) is 1.94. The maximum atomic E-state index is 5.55. The van der Waals surface area contributed by atoms with Crippen molar-refractivity contribution in [1.29, 1.82) is 0 Å². The zero-order chi connectivity index (χ0) is 14.4. The van der Waals surface area contributed by atoms with E-state index in [2.05, 4.69) is 52.5 Å². The van der Waals surface area contributed by atoms with Crippen molar-refractivity contribution in [1.82, 2.24) is 15.0 Å². The molecule has 0 aliphatic rings. The van der Waals surface area contributed by atoms with Gasteiger partial charge in [-0.2, -0.15) is 15.0 Å². The van der Waals surface area contributed by atoms with E-state index in [0.717, 1.165) is 24.9 Å². The molecule has 0 amide bonds. The Morgan fingerprint density at radius 1 is 1.20 bits per heavy atom. The van der Waals surface area contributed by atoms with E-state index in [-0.39, 0.29) is 0 Å². The summed E-state index contributed by atoms with van der Waals surface area (Å²) < 4.78 is 5.55. The van der Waals surface area contributed by atoms with Gasteiger partial charge in [0.25, 0.3) is 0 Å². The number of anilines is 1. The smallest absolute Gasteiger partial charge is 0.321 e. The predicted molar refractivity (Wildman–Crippen MR) is 82.4 cm³/mol. The molecule has 20 heavy (non-hydrogen) atoms. The molecule has 0 aliphatic carbocycles. The van der Waals surface area contributed by atoms with Crippen LogP contribution in [-0.4, -0.2) is 28.1 Å². The maximum absolute atomic E-state index is 5.55. The molecule has 0 unspecified atom stereocenters. The molecule has 1 N–H and O–H groups in total. The van der Waals surface area contributed by atoms with Gasteiger partial charge in [-0.25, -0.2) is 0 Å². The molecule has 0 atom stereocenters. The van der Waals surface area contributed by atoms with Crippen molar-refractivity contribution in [3.63, 3.8) is 0 Å². The Morgan fingerprint density at radius 3 is 2.70 bits per heavy atom. The van der Waals surface area contributed by atoms with Crippen LogP contribution < -0.4 is 10.1 Å². The van der Waals surface area contributed by atoms with Gasteiger partial charge in [-0.3, -0.25) is 0 Å². The molecule has 0 aromatic carbocycles. The second-order valence-corrected chi connectivity index (χ2v) is 5.60. The highest BCUT2D eigenvalue weighted by atomic mass is 32.1. The van der Waals surface area contributed by atoms with Crippen LogP contribution in [0, 0.1) is 6.92 Å². The van der Waals surface area contributed by atoms with Crippen LogP contribution in [0.15, 0.2) is 11.4 Å². The number of aromatic nitrogens is 3. The largest absolute Gasteiger partial charge is 0.463 e. The lowest BCUT2D eigenvalue weighted by molar-refractivity contribution is 0.292. The van der Waals surface area contributed by atoms with E-state index in [1.807, 2.05) is 0 Å². The van der Waals surface area contributed by atoms with Gasteiger partial charge in [-0.1, -0.05) is 13.8 Å². The van der Waals surface area contributed by atoms with E-state index in [0.29, 0.717) is 24.4 Å². The van der Waals surface area contributed by atoms with Gasteiger partial charge in [0.2, 0.25) is 5.95 Å². The highest BCUT2D eigenvalue weighted by Crippen LogP contribution is 2.24. The van der Waals surface area contributed by atoms with Crippen molar-refractivity contribution in [2.24, 2.45) is 0 Å². The van der Waals surface area contributed by atoms with E-state index in [1.165, 1.54) is 4.88 Å². The lowest BCUT2D eigenvalue weighted by Crippen LogP contribution is -2.09. The third-order valence-electron chi connectivity index (χ3n) is 2.57. The number of nitrogens with one attached hydrogen (secondary N) is 1. The Balaban J connectivity index is 2.29. The normalized spacial score (nSPS) is 10.6. The molecule has 0 radical (unpaired) electrons. The van der Waals surface area contributed by atoms with Crippen molar-refractivity contribution in [2.45, 2.75) is 33.6 Å². The topological polar surface area (TPSA) is 59.9 Å². The van der Waals surface area contributed by atoms with Crippen LogP contribution in [0.25, 0.3) is 11.4 Å². The highest BCUT2D eigenvalue weighted by Gasteiger charge is 2.10. The molecule has 108 valence electrons. The average Bonchev–Trinajstić information content (AvgIpc) is 2.89. The Hall–Kier alpha value is -1.69. The summed E-state index contributed by atoms with van der Waals surface area (Å²) in [7, 11) is 0. The third kappa shape index (κ3) is 3.90. The standard InChI is InChI=1S/C14H20N4OS/c1-4-6-15-13-16-12(11-8-10(3)20-9-11)17-14(18-13)19-7-5-2/h8-9H,4-7H2,1-3H3,(H,15,16,17,18). The summed E-state index contributed by atoms with van der Waals surface area (Å²) >= 11 is 1.69. The van der Waals surface area contributed by atoms with E-state index >= 15 is 0 Å². The first kappa shape index (κ1) is 14.7. The summed E-state index contributed by atoms with van der Waals surface area (Å²) in [5.41, 5.74) is 1.01. The second kappa shape index (κ2) is 7.19. The van der Waals surface area contributed by atoms with Crippen molar-refractivity contribution < 1.29 is 4.74 Å².